The van der Waals surface area contributed by atoms with Gasteiger partial charge in [0.05, 0.1) is 18.8 Å². The Kier molecular flexibility index (Phi) is 4.87. The molecule has 0 aliphatic carbocycles. The second-order valence-corrected chi connectivity index (χ2v) is 5.44. The van der Waals surface area contributed by atoms with Crippen molar-refractivity contribution in [3.63, 3.8) is 0 Å². The molecule has 2 heterocycles. The Hall–Kier alpha value is -2.41. The largest absolute Gasteiger partial charge is 0.491 e. The van der Waals surface area contributed by atoms with Gasteiger partial charge in [0, 0.05) is 32.0 Å². The van der Waals surface area contributed by atoms with Gasteiger partial charge in [0.2, 0.25) is 0 Å². The lowest BCUT2D eigenvalue weighted by Gasteiger charge is -2.16. The minimum absolute atomic E-state index is 0.0380. The highest BCUT2D eigenvalue weighted by Gasteiger charge is 2.28. The molecule has 2 aromatic rings. The summed E-state index contributed by atoms with van der Waals surface area (Å²) >= 11 is 0. The van der Waals surface area contributed by atoms with Crippen LogP contribution in [-0.4, -0.2) is 59.2 Å². The minimum Gasteiger partial charge on any atom is -0.491 e. The van der Waals surface area contributed by atoms with Crippen molar-refractivity contribution in [3.05, 3.63) is 42.2 Å². The molecule has 1 saturated heterocycles. The molecule has 1 atom stereocenters. The number of carbonyl (C=O) groups is 1. The molecular formula is C16H20N4O3. The highest BCUT2D eigenvalue weighted by Crippen LogP contribution is 2.22. The minimum atomic E-state index is 0.0380. The molecule has 1 aromatic heterocycles. The lowest BCUT2D eigenvalue weighted by atomic mass is 10.2. The number of hydrogen-bond acceptors (Lipinski definition) is 5. The molecule has 7 nitrogen and oxygen atoms in total. The lowest BCUT2D eigenvalue weighted by molar-refractivity contribution is 0.0787. The molecule has 1 aliphatic rings. The number of nitrogens with zero attached hydrogens (tertiary/aromatic N) is 4. The van der Waals surface area contributed by atoms with Gasteiger partial charge in [0.15, 0.2) is 0 Å². The van der Waals surface area contributed by atoms with Gasteiger partial charge < -0.3 is 14.4 Å². The SMILES string of the molecule is COCCOc1ccc(C(=O)N2CCC(n3ccnn3)C2)cc1. The fourth-order valence-corrected chi connectivity index (χ4v) is 2.67. The number of benzene rings is 1. The van der Waals surface area contributed by atoms with Crippen LogP contribution in [0.25, 0.3) is 0 Å². The van der Waals surface area contributed by atoms with E-state index in [1.807, 2.05) is 27.9 Å². The first-order valence-corrected chi connectivity index (χ1v) is 7.65. The number of likely N-dealkylation sites (tertiary alicyclic amines) is 1. The second kappa shape index (κ2) is 7.23. The van der Waals surface area contributed by atoms with Crippen molar-refractivity contribution < 1.29 is 14.3 Å². The van der Waals surface area contributed by atoms with Crippen LogP contribution in [-0.2, 0) is 4.74 Å². The highest BCUT2D eigenvalue weighted by molar-refractivity contribution is 5.94. The molecule has 122 valence electrons. The van der Waals surface area contributed by atoms with Crippen molar-refractivity contribution in [2.45, 2.75) is 12.5 Å². The fraction of sp³-hybridized carbons (Fsp3) is 0.438. The molecule has 0 bridgehead atoms. The van der Waals surface area contributed by atoms with E-state index < -0.39 is 0 Å². The summed E-state index contributed by atoms with van der Waals surface area (Å²) in [7, 11) is 1.63. The van der Waals surface area contributed by atoms with Gasteiger partial charge in [-0.1, -0.05) is 5.21 Å². The van der Waals surface area contributed by atoms with Crippen LogP contribution in [0.1, 0.15) is 22.8 Å². The van der Waals surface area contributed by atoms with E-state index in [2.05, 4.69) is 10.3 Å². The number of aromatic nitrogens is 3. The van der Waals surface area contributed by atoms with E-state index in [1.54, 1.807) is 25.4 Å². The van der Waals surface area contributed by atoms with Crippen LogP contribution in [0, 0.1) is 0 Å². The lowest BCUT2D eigenvalue weighted by Crippen LogP contribution is -2.29. The van der Waals surface area contributed by atoms with Gasteiger partial charge in [-0.15, -0.1) is 5.10 Å². The number of amides is 1. The number of hydrogen-bond donors (Lipinski definition) is 0. The van der Waals surface area contributed by atoms with Gasteiger partial charge in [0.1, 0.15) is 12.4 Å². The fourth-order valence-electron chi connectivity index (χ4n) is 2.67. The van der Waals surface area contributed by atoms with Gasteiger partial charge in [-0.05, 0) is 30.7 Å². The highest BCUT2D eigenvalue weighted by atomic mass is 16.5. The van der Waals surface area contributed by atoms with Crippen LogP contribution in [0.5, 0.6) is 5.75 Å². The van der Waals surface area contributed by atoms with E-state index >= 15 is 0 Å². The Morgan fingerprint density at radius 2 is 2.13 bits per heavy atom. The predicted octanol–water partition coefficient (Wildman–Crippen LogP) is 1.39. The Labute approximate surface area is 134 Å². The average molecular weight is 316 g/mol. The Morgan fingerprint density at radius 1 is 1.30 bits per heavy atom. The first kappa shape index (κ1) is 15.5. The van der Waals surface area contributed by atoms with E-state index in [9.17, 15) is 4.79 Å². The number of carbonyl (C=O) groups excluding carboxylic acids is 1. The van der Waals surface area contributed by atoms with E-state index in [0.717, 1.165) is 18.7 Å². The summed E-state index contributed by atoms with van der Waals surface area (Å²) < 4.78 is 12.3. The predicted molar refractivity (Wildman–Crippen MR) is 83.4 cm³/mol. The summed E-state index contributed by atoms with van der Waals surface area (Å²) in [5, 5.41) is 7.84. The van der Waals surface area contributed by atoms with Crippen molar-refractivity contribution in [1.82, 2.24) is 19.9 Å². The molecule has 0 N–H and O–H groups in total. The third-order valence-corrected chi connectivity index (χ3v) is 3.92. The molecule has 1 amide bonds. The van der Waals surface area contributed by atoms with Crippen LogP contribution in [0.3, 0.4) is 0 Å². The van der Waals surface area contributed by atoms with Crippen LogP contribution in [0.2, 0.25) is 0 Å². The van der Waals surface area contributed by atoms with Crippen molar-refractivity contribution in [2.24, 2.45) is 0 Å². The standard InChI is InChI=1S/C16H20N4O3/c1-22-10-11-23-15-4-2-13(3-5-15)16(21)19-8-6-14(12-19)20-9-7-17-18-20/h2-5,7,9,14H,6,8,10-12H2,1H3. The molecular weight excluding hydrogens is 296 g/mol. The molecule has 7 heteroatoms. The first-order chi connectivity index (χ1) is 11.3. The third-order valence-electron chi connectivity index (χ3n) is 3.92. The zero-order valence-corrected chi connectivity index (χ0v) is 13.1. The van der Waals surface area contributed by atoms with E-state index in [0.29, 0.717) is 25.3 Å². The topological polar surface area (TPSA) is 69.5 Å². The molecule has 0 radical (unpaired) electrons. The van der Waals surface area contributed by atoms with Crippen molar-refractivity contribution in [1.29, 1.82) is 0 Å². The monoisotopic (exact) mass is 316 g/mol. The van der Waals surface area contributed by atoms with Crippen LogP contribution in [0.15, 0.2) is 36.7 Å². The van der Waals surface area contributed by atoms with Crippen LogP contribution in [0.4, 0.5) is 0 Å². The molecule has 1 fully saturated rings. The number of ether oxygens (including phenoxy) is 2. The van der Waals surface area contributed by atoms with Gasteiger partial charge in [0.25, 0.3) is 5.91 Å². The van der Waals surface area contributed by atoms with E-state index in [1.165, 1.54) is 0 Å². The van der Waals surface area contributed by atoms with Crippen LogP contribution >= 0.6 is 0 Å². The summed E-state index contributed by atoms with van der Waals surface area (Å²) in [6.07, 6.45) is 4.39. The summed E-state index contributed by atoms with van der Waals surface area (Å²) in [6.45, 7) is 2.43. The molecule has 3 rings (SSSR count). The number of rotatable bonds is 6. The van der Waals surface area contributed by atoms with Gasteiger partial charge in [-0.2, -0.15) is 0 Å². The molecule has 23 heavy (non-hydrogen) atoms. The number of methoxy groups -OCH3 is 1. The maximum absolute atomic E-state index is 12.6. The van der Waals surface area contributed by atoms with Crippen molar-refractivity contribution >= 4 is 5.91 Å². The first-order valence-electron chi connectivity index (χ1n) is 7.65. The quantitative estimate of drug-likeness (QED) is 0.753. The van der Waals surface area contributed by atoms with Gasteiger partial charge >= 0.3 is 0 Å². The van der Waals surface area contributed by atoms with E-state index in [-0.39, 0.29) is 11.9 Å². The van der Waals surface area contributed by atoms with Crippen molar-refractivity contribution in [2.75, 3.05) is 33.4 Å². The van der Waals surface area contributed by atoms with E-state index in [4.69, 9.17) is 9.47 Å². The second-order valence-electron chi connectivity index (χ2n) is 5.44. The molecule has 0 spiro atoms. The Morgan fingerprint density at radius 3 is 2.83 bits per heavy atom. The zero-order chi connectivity index (χ0) is 16.1. The molecule has 1 aromatic carbocycles. The van der Waals surface area contributed by atoms with Crippen molar-refractivity contribution in [3.8, 4) is 5.75 Å². The summed E-state index contributed by atoms with van der Waals surface area (Å²) in [5.74, 6) is 0.775. The summed E-state index contributed by atoms with van der Waals surface area (Å²) in [4.78, 5) is 14.4. The third kappa shape index (κ3) is 3.68. The zero-order valence-electron chi connectivity index (χ0n) is 13.1. The smallest absolute Gasteiger partial charge is 0.253 e. The molecule has 1 unspecified atom stereocenters. The Balaban J connectivity index is 1.58. The molecule has 1 aliphatic heterocycles. The maximum atomic E-state index is 12.6. The summed E-state index contributed by atoms with van der Waals surface area (Å²) in [5.41, 5.74) is 0.670. The van der Waals surface area contributed by atoms with Gasteiger partial charge in [-0.3, -0.25) is 4.79 Å². The molecule has 0 saturated carbocycles. The maximum Gasteiger partial charge on any atom is 0.253 e. The van der Waals surface area contributed by atoms with Gasteiger partial charge in [-0.25, -0.2) is 4.68 Å². The average Bonchev–Trinajstić information content (AvgIpc) is 3.26. The summed E-state index contributed by atoms with van der Waals surface area (Å²) in [6, 6.07) is 7.43. The normalized spacial score (nSPS) is 17.4. The Bertz CT molecular complexity index is 627. The van der Waals surface area contributed by atoms with Crippen LogP contribution < -0.4 is 4.74 Å².